The van der Waals surface area contributed by atoms with Crippen molar-refractivity contribution in [1.82, 2.24) is 0 Å². The van der Waals surface area contributed by atoms with Crippen LogP contribution in [0.5, 0.6) is 0 Å². The number of allylic oxidation sites excluding steroid dienone is 1. The monoisotopic (exact) mass is 431 g/mol. The standard InChI is InChI=1S/C19H20F3NO7/c1-5-29-10-13(16(25)18(3,4)17(26)30-6-2)15(24)12-8-7-11(19(20,21)22)9-14(12)23(27)28/h7-10H,5-6H2,1-4H3. The van der Waals surface area contributed by atoms with Crippen LogP contribution in [-0.2, 0) is 25.2 Å². The third kappa shape index (κ3) is 5.43. The van der Waals surface area contributed by atoms with Crippen molar-refractivity contribution in [1.29, 1.82) is 0 Å². The number of halogens is 3. The fourth-order valence-electron chi connectivity index (χ4n) is 2.31. The van der Waals surface area contributed by atoms with Crippen molar-refractivity contribution in [3.05, 3.63) is 51.3 Å². The zero-order valence-electron chi connectivity index (χ0n) is 16.7. The molecule has 0 amide bonds. The molecule has 0 aliphatic rings. The molecule has 0 fully saturated rings. The molecule has 0 aliphatic carbocycles. The van der Waals surface area contributed by atoms with Gasteiger partial charge in [0.25, 0.3) is 5.69 Å². The summed E-state index contributed by atoms with van der Waals surface area (Å²) < 4.78 is 48.4. The molecular weight excluding hydrogens is 411 g/mol. The number of hydrogen-bond acceptors (Lipinski definition) is 7. The number of nitro benzene ring substituents is 1. The Labute approximate surface area is 169 Å². The maximum Gasteiger partial charge on any atom is 0.416 e. The van der Waals surface area contributed by atoms with Gasteiger partial charge in [0.2, 0.25) is 5.78 Å². The van der Waals surface area contributed by atoms with E-state index in [0.717, 1.165) is 6.26 Å². The molecule has 0 unspecified atom stereocenters. The van der Waals surface area contributed by atoms with E-state index in [1.54, 1.807) is 0 Å². The predicted octanol–water partition coefficient (Wildman–Crippen LogP) is 3.88. The molecule has 0 bridgehead atoms. The second-order valence-electron chi connectivity index (χ2n) is 6.48. The van der Waals surface area contributed by atoms with Gasteiger partial charge in [-0.05, 0) is 39.8 Å². The van der Waals surface area contributed by atoms with Crippen molar-refractivity contribution in [3.8, 4) is 0 Å². The molecule has 0 aliphatic heterocycles. The molecular formula is C19H20F3NO7. The molecule has 1 rings (SSSR count). The van der Waals surface area contributed by atoms with Gasteiger partial charge in [-0.25, -0.2) is 0 Å². The number of nitrogens with zero attached hydrogens (tertiary/aromatic N) is 1. The largest absolute Gasteiger partial charge is 0.501 e. The Balaban J connectivity index is 3.56. The van der Waals surface area contributed by atoms with E-state index in [1.165, 1.54) is 27.7 Å². The minimum Gasteiger partial charge on any atom is -0.501 e. The van der Waals surface area contributed by atoms with Crippen molar-refractivity contribution in [2.45, 2.75) is 33.9 Å². The molecule has 164 valence electrons. The molecule has 0 spiro atoms. The summed E-state index contributed by atoms with van der Waals surface area (Å²) in [6.45, 7) is 5.37. The van der Waals surface area contributed by atoms with Gasteiger partial charge in [-0.1, -0.05) is 0 Å². The van der Waals surface area contributed by atoms with E-state index in [9.17, 15) is 37.7 Å². The molecule has 1 aromatic carbocycles. The third-order valence-electron chi connectivity index (χ3n) is 3.98. The van der Waals surface area contributed by atoms with Crippen LogP contribution >= 0.6 is 0 Å². The first-order chi connectivity index (χ1) is 13.8. The lowest BCUT2D eigenvalue weighted by molar-refractivity contribution is -0.385. The SMILES string of the molecule is CCOC=C(C(=O)c1ccc(C(F)(F)F)cc1[N+](=O)[O-])C(=O)C(C)(C)C(=O)OCC. The zero-order chi connectivity index (χ0) is 23.3. The Hall–Kier alpha value is -3.24. The normalized spacial score (nSPS) is 12.3. The summed E-state index contributed by atoms with van der Waals surface area (Å²) in [7, 11) is 0. The van der Waals surface area contributed by atoms with Crippen LogP contribution in [0.4, 0.5) is 18.9 Å². The maximum atomic E-state index is 12.9. The van der Waals surface area contributed by atoms with Gasteiger partial charge >= 0.3 is 12.1 Å². The van der Waals surface area contributed by atoms with E-state index >= 15 is 0 Å². The fraction of sp³-hybridized carbons (Fsp3) is 0.421. The van der Waals surface area contributed by atoms with Gasteiger partial charge in [-0.15, -0.1) is 0 Å². The van der Waals surface area contributed by atoms with E-state index < -0.39 is 56.4 Å². The van der Waals surface area contributed by atoms with Gasteiger partial charge in [0.15, 0.2) is 5.78 Å². The third-order valence-corrected chi connectivity index (χ3v) is 3.98. The molecule has 0 aromatic heterocycles. The molecule has 11 heteroatoms. The van der Waals surface area contributed by atoms with Crippen molar-refractivity contribution >= 4 is 23.2 Å². The summed E-state index contributed by atoms with van der Waals surface area (Å²) in [5.41, 5.74) is -5.82. The number of esters is 1. The van der Waals surface area contributed by atoms with Crippen LogP contribution in [0.1, 0.15) is 43.6 Å². The zero-order valence-corrected chi connectivity index (χ0v) is 16.7. The summed E-state index contributed by atoms with van der Waals surface area (Å²) in [6, 6.07) is 1.29. The van der Waals surface area contributed by atoms with E-state index in [2.05, 4.69) is 0 Å². The minimum absolute atomic E-state index is 0.0129. The molecule has 0 atom stereocenters. The van der Waals surface area contributed by atoms with Crippen molar-refractivity contribution < 1.29 is 42.0 Å². The first kappa shape index (κ1) is 24.8. The van der Waals surface area contributed by atoms with Crippen LogP contribution in [0.3, 0.4) is 0 Å². The van der Waals surface area contributed by atoms with Gasteiger partial charge in [-0.2, -0.15) is 13.2 Å². The second-order valence-corrected chi connectivity index (χ2v) is 6.48. The van der Waals surface area contributed by atoms with Crippen LogP contribution in [0.25, 0.3) is 0 Å². The van der Waals surface area contributed by atoms with E-state index in [0.29, 0.717) is 12.1 Å². The number of ketones is 2. The number of rotatable bonds is 9. The summed E-state index contributed by atoms with van der Waals surface area (Å²) in [4.78, 5) is 48.0. The van der Waals surface area contributed by atoms with Gasteiger partial charge in [0.1, 0.15) is 16.6 Å². The predicted molar refractivity (Wildman–Crippen MR) is 97.6 cm³/mol. The first-order valence-corrected chi connectivity index (χ1v) is 8.73. The second kappa shape index (κ2) is 9.51. The highest BCUT2D eigenvalue weighted by atomic mass is 19.4. The number of alkyl halides is 3. The quantitative estimate of drug-likeness (QED) is 0.0852. The summed E-state index contributed by atoms with van der Waals surface area (Å²) >= 11 is 0. The number of ether oxygens (including phenoxy) is 2. The average Bonchev–Trinajstić information content (AvgIpc) is 2.66. The maximum absolute atomic E-state index is 12.9. The number of hydrogen-bond donors (Lipinski definition) is 0. The molecule has 0 saturated carbocycles. The minimum atomic E-state index is -4.88. The van der Waals surface area contributed by atoms with Gasteiger partial charge in [-0.3, -0.25) is 24.5 Å². The van der Waals surface area contributed by atoms with Gasteiger partial charge in [0, 0.05) is 6.07 Å². The van der Waals surface area contributed by atoms with Crippen molar-refractivity contribution in [2.75, 3.05) is 13.2 Å². The highest BCUT2D eigenvalue weighted by molar-refractivity contribution is 6.31. The average molecular weight is 431 g/mol. The van der Waals surface area contributed by atoms with Crippen LogP contribution in [0.2, 0.25) is 0 Å². The highest BCUT2D eigenvalue weighted by Gasteiger charge is 2.43. The number of carbonyl (C=O) groups excluding carboxylic acids is 3. The van der Waals surface area contributed by atoms with Crippen LogP contribution in [-0.4, -0.2) is 35.7 Å². The van der Waals surface area contributed by atoms with E-state index in [-0.39, 0.29) is 19.3 Å². The van der Waals surface area contributed by atoms with Crippen molar-refractivity contribution in [2.24, 2.45) is 5.41 Å². The molecule has 30 heavy (non-hydrogen) atoms. The number of carbonyl (C=O) groups is 3. The van der Waals surface area contributed by atoms with E-state index in [4.69, 9.17) is 9.47 Å². The topological polar surface area (TPSA) is 113 Å². The van der Waals surface area contributed by atoms with Crippen LogP contribution < -0.4 is 0 Å². The lowest BCUT2D eigenvalue weighted by Gasteiger charge is -2.21. The van der Waals surface area contributed by atoms with Crippen LogP contribution in [0, 0.1) is 15.5 Å². The summed E-state index contributed by atoms with van der Waals surface area (Å²) in [6.07, 6.45) is -4.15. The van der Waals surface area contributed by atoms with Crippen molar-refractivity contribution in [3.63, 3.8) is 0 Å². The Kier molecular flexibility index (Phi) is 7.86. The van der Waals surface area contributed by atoms with Crippen LogP contribution in [0.15, 0.2) is 30.0 Å². The number of benzene rings is 1. The highest BCUT2D eigenvalue weighted by Crippen LogP contribution is 2.34. The Morgan fingerprint density at radius 2 is 1.73 bits per heavy atom. The molecule has 8 nitrogen and oxygen atoms in total. The Bertz CT molecular complexity index is 889. The number of nitro groups is 1. The summed E-state index contributed by atoms with van der Waals surface area (Å²) in [5, 5.41) is 11.3. The fourth-order valence-corrected chi connectivity index (χ4v) is 2.31. The molecule has 0 radical (unpaired) electrons. The first-order valence-electron chi connectivity index (χ1n) is 8.73. The summed E-state index contributed by atoms with van der Waals surface area (Å²) in [5.74, 6) is -3.27. The van der Waals surface area contributed by atoms with Gasteiger partial charge < -0.3 is 9.47 Å². The Morgan fingerprint density at radius 1 is 1.13 bits per heavy atom. The number of Topliss-reactive ketones (excluding diaryl/α,β-unsaturated/α-hetero) is 2. The molecule has 1 aromatic rings. The lowest BCUT2D eigenvalue weighted by atomic mass is 9.82. The molecule has 0 N–H and O–H groups in total. The van der Waals surface area contributed by atoms with Gasteiger partial charge in [0.05, 0.1) is 30.0 Å². The Morgan fingerprint density at radius 3 is 2.20 bits per heavy atom. The smallest absolute Gasteiger partial charge is 0.416 e. The molecule has 0 heterocycles. The lowest BCUT2D eigenvalue weighted by Crippen LogP contribution is -2.38. The molecule has 0 saturated heterocycles. The van der Waals surface area contributed by atoms with E-state index in [1.807, 2.05) is 0 Å².